The number of nitrogens with one attached hydrogen (secondary N) is 1. The monoisotopic (exact) mass is 314 g/mol. The number of aryl methyl sites for hydroxylation is 1. The van der Waals surface area contributed by atoms with E-state index in [1.165, 1.54) is 18.2 Å². The van der Waals surface area contributed by atoms with E-state index in [9.17, 15) is 8.42 Å². The topological polar surface area (TPSA) is 90.0 Å². The van der Waals surface area contributed by atoms with Crippen LogP contribution in [0.2, 0.25) is 5.02 Å². The second kappa shape index (κ2) is 6.25. The maximum atomic E-state index is 12.1. The molecule has 0 saturated heterocycles. The molecule has 6 nitrogen and oxygen atoms in total. The van der Waals surface area contributed by atoms with E-state index in [0.29, 0.717) is 24.5 Å². The normalized spacial score (nSPS) is 11.7. The Morgan fingerprint density at radius 2 is 2.20 bits per heavy atom. The molecule has 0 amide bonds. The summed E-state index contributed by atoms with van der Waals surface area (Å²) in [5.74, 6) is 0. The summed E-state index contributed by atoms with van der Waals surface area (Å²) < 4.78 is 28.4. The Hall–Kier alpha value is -1.57. The van der Waals surface area contributed by atoms with Crippen LogP contribution >= 0.6 is 11.6 Å². The second-order valence-corrected chi connectivity index (χ2v) is 6.37. The number of hydrogen-bond donors (Lipinski definition) is 2. The zero-order valence-corrected chi connectivity index (χ0v) is 12.2. The third-order valence-electron chi connectivity index (χ3n) is 2.68. The fourth-order valence-electron chi connectivity index (χ4n) is 1.72. The summed E-state index contributed by atoms with van der Waals surface area (Å²) in [5, 5.41) is 4.44. The lowest BCUT2D eigenvalue weighted by Gasteiger charge is -2.09. The fraction of sp³-hybridized carbons (Fsp3) is 0.250. The molecule has 0 aliphatic carbocycles. The number of anilines is 1. The number of hydrogen-bond acceptors (Lipinski definition) is 4. The van der Waals surface area contributed by atoms with E-state index in [-0.39, 0.29) is 10.6 Å². The van der Waals surface area contributed by atoms with Gasteiger partial charge in [0.1, 0.15) is 4.90 Å². The summed E-state index contributed by atoms with van der Waals surface area (Å²) in [6.07, 6.45) is 4.14. The zero-order chi connectivity index (χ0) is 14.6. The predicted molar refractivity (Wildman–Crippen MR) is 77.9 cm³/mol. The molecule has 20 heavy (non-hydrogen) atoms. The van der Waals surface area contributed by atoms with Crippen LogP contribution in [0.4, 0.5) is 5.69 Å². The lowest BCUT2D eigenvalue weighted by atomic mass is 10.3. The molecule has 1 aromatic carbocycles. The molecule has 1 aromatic heterocycles. The van der Waals surface area contributed by atoms with Crippen molar-refractivity contribution < 1.29 is 8.42 Å². The van der Waals surface area contributed by atoms with Gasteiger partial charge in [-0.25, -0.2) is 13.1 Å². The van der Waals surface area contributed by atoms with Gasteiger partial charge in [0.05, 0.1) is 5.69 Å². The van der Waals surface area contributed by atoms with Crippen LogP contribution in [0.15, 0.2) is 41.6 Å². The van der Waals surface area contributed by atoms with Crippen LogP contribution in [0.25, 0.3) is 0 Å². The first-order valence-electron chi connectivity index (χ1n) is 6.01. The average molecular weight is 315 g/mol. The van der Waals surface area contributed by atoms with Gasteiger partial charge in [-0.15, -0.1) is 0 Å². The van der Waals surface area contributed by atoms with Crippen molar-refractivity contribution in [1.82, 2.24) is 14.5 Å². The molecular formula is C12H15ClN4O2S. The van der Waals surface area contributed by atoms with E-state index < -0.39 is 10.0 Å². The minimum atomic E-state index is -3.61. The summed E-state index contributed by atoms with van der Waals surface area (Å²) in [5.41, 5.74) is 5.81. The van der Waals surface area contributed by atoms with Crippen LogP contribution in [-0.4, -0.2) is 24.7 Å². The maximum absolute atomic E-state index is 12.1. The maximum Gasteiger partial charge on any atom is 0.242 e. The Kier molecular flexibility index (Phi) is 4.64. The van der Waals surface area contributed by atoms with Gasteiger partial charge < -0.3 is 5.73 Å². The Bertz CT molecular complexity index is 671. The molecule has 2 aromatic rings. The molecule has 8 heteroatoms. The molecular weight excluding hydrogens is 300 g/mol. The van der Waals surface area contributed by atoms with Gasteiger partial charge in [-0.05, 0) is 30.7 Å². The van der Waals surface area contributed by atoms with Gasteiger partial charge in [0, 0.05) is 30.5 Å². The summed E-state index contributed by atoms with van der Waals surface area (Å²) in [4.78, 5) is 0.0426. The van der Waals surface area contributed by atoms with Gasteiger partial charge in [-0.3, -0.25) is 4.68 Å². The number of nitrogens with two attached hydrogens (primary N) is 1. The quantitative estimate of drug-likeness (QED) is 0.624. The van der Waals surface area contributed by atoms with E-state index >= 15 is 0 Å². The summed E-state index contributed by atoms with van der Waals surface area (Å²) in [6, 6.07) is 6.13. The first kappa shape index (κ1) is 14.8. The number of aromatic nitrogens is 2. The number of benzene rings is 1. The van der Waals surface area contributed by atoms with E-state index in [2.05, 4.69) is 9.82 Å². The molecule has 0 radical (unpaired) electrons. The lowest BCUT2D eigenvalue weighted by molar-refractivity contribution is 0.553. The summed E-state index contributed by atoms with van der Waals surface area (Å²) >= 11 is 5.75. The smallest absolute Gasteiger partial charge is 0.242 e. The van der Waals surface area contributed by atoms with Crippen molar-refractivity contribution in [2.24, 2.45) is 0 Å². The van der Waals surface area contributed by atoms with Crippen molar-refractivity contribution in [2.45, 2.75) is 17.9 Å². The Labute approximate surface area is 122 Å². The molecule has 0 bridgehead atoms. The van der Waals surface area contributed by atoms with Crippen molar-refractivity contribution in [3.63, 3.8) is 0 Å². The molecule has 0 saturated carbocycles. The Balaban J connectivity index is 1.93. The van der Waals surface area contributed by atoms with Gasteiger partial charge in [0.25, 0.3) is 0 Å². The van der Waals surface area contributed by atoms with E-state index in [1.54, 1.807) is 10.9 Å². The Morgan fingerprint density at radius 3 is 2.85 bits per heavy atom. The van der Waals surface area contributed by atoms with Gasteiger partial charge in [-0.1, -0.05) is 11.6 Å². The lowest BCUT2D eigenvalue weighted by Crippen LogP contribution is -2.26. The third kappa shape index (κ3) is 3.72. The predicted octanol–water partition coefficient (Wildman–Crippen LogP) is 1.49. The highest BCUT2D eigenvalue weighted by Crippen LogP contribution is 2.22. The molecule has 0 atom stereocenters. The van der Waals surface area contributed by atoms with E-state index in [4.69, 9.17) is 17.3 Å². The molecule has 0 spiro atoms. The van der Waals surface area contributed by atoms with Crippen molar-refractivity contribution in [3.8, 4) is 0 Å². The van der Waals surface area contributed by atoms with Crippen LogP contribution in [0.1, 0.15) is 6.42 Å². The van der Waals surface area contributed by atoms with Crippen LogP contribution in [0.3, 0.4) is 0 Å². The molecule has 3 N–H and O–H groups in total. The molecule has 0 unspecified atom stereocenters. The van der Waals surface area contributed by atoms with E-state index in [1.807, 2.05) is 12.3 Å². The van der Waals surface area contributed by atoms with Crippen molar-refractivity contribution in [2.75, 3.05) is 12.3 Å². The number of halogens is 1. The minimum Gasteiger partial charge on any atom is -0.398 e. The summed E-state index contributed by atoms with van der Waals surface area (Å²) in [6.45, 7) is 0.954. The molecule has 0 fully saturated rings. The Morgan fingerprint density at radius 1 is 1.40 bits per heavy atom. The zero-order valence-electron chi connectivity index (χ0n) is 10.7. The molecule has 1 heterocycles. The highest BCUT2D eigenvalue weighted by Gasteiger charge is 2.16. The fourth-order valence-corrected chi connectivity index (χ4v) is 3.09. The first-order valence-corrected chi connectivity index (χ1v) is 7.87. The average Bonchev–Trinajstić information content (AvgIpc) is 2.87. The van der Waals surface area contributed by atoms with Crippen molar-refractivity contribution >= 4 is 27.3 Å². The molecule has 108 valence electrons. The van der Waals surface area contributed by atoms with E-state index in [0.717, 1.165) is 0 Å². The van der Waals surface area contributed by atoms with Crippen LogP contribution in [0, 0.1) is 0 Å². The highest BCUT2D eigenvalue weighted by atomic mass is 35.5. The summed E-state index contributed by atoms with van der Waals surface area (Å²) in [7, 11) is -3.61. The standard InChI is InChI=1S/C12H15ClN4O2S/c13-10-3-4-12(11(14)9-10)20(18,19)16-6-2-8-17-7-1-5-15-17/h1,3-5,7,9,16H,2,6,8,14H2. The molecule has 0 aliphatic heterocycles. The number of nitrogens with zero attached hydrogens (tertiary/aromatic N) is 2. The van der Waals surface area contributed by atoms with Crippen LogP contribution in [-0.2, 0) is 16.6 Å². The molecule has 0 aliphatic rings. The van der Waals surface area contributed by atoms with Gasteiger partial charge in [-0.2, -0.15) is 5.10 Å². The highest BCUT2D eigenvalue weighted by molar-refractivity contribution is 7.89. The third-order valence-corrected chi connectivity index (χ3v) is 4.45. The first-order chi connectivity index (χ1) is 9.49. The minimum absolute atomic E-state index is 0.0426. The van der Waals surface area contributed by atoms with Crippen LogP contribution in [0.5, 0.6) is 0 Å². The van der Waals surface area contributed by atoms with Gasteiger partial charge in [0.2, 0.25) is 10.0 Å². The SMILES string of the molecule is Nc1cc(Cl)ccc1S(=O)(=O)NCCCn1cccn1. The van der Waals surface area contributed by atoms with Crippen molar-refractivity contribution in [3.05, 3.63) is 41.7 Å². The molecule has 2 rings (SSSR count). The largest absolute Gasteiger partial charge is 0.398 e. The van der Waals surface area contributed by atoms with Crippen molar-refractivity contribution in [1.29, 1.82) is 0 Å². The second-order valence-electron chi connectivity index (χ2n) is 4.20. The van der Waals surface area contributed by atoms with Crippen LogP contribution < -0.4 is 10.5 Å². The van der Waals surface area contributed by atoms with Gasteiger partial charge in [0.15, 0.2) is 0 Å². The number of rotatable bonds is 6. The van der Waals surface area contributed by atoms with Gasteiger partial charge >= 0.3 is 0 Å². The number of nitrogen functional groups attached to an aromatic ring is 1. The number of sulfonamides is 1.